The third-order valence-electron chi connectivity index (χ3n) is 5.29. The maximum absolute atomic E-state index is 12.0. The summed E-state index contributed by atoms with van der Waals surface area (Å²) in [7, 11) is 1.43. The van der Waals surface area contributed by atoms with Crippen molar-refractivity contribution < 1.29 is 19.4 Å². The van der Waals surface area contributed by atoms with E-state index in [1.54, 1.807) is 43.5 Å². The van der Waals surface area contributed by atoms with Crippen molar-refractivity contribution in [2.24, 2.45) is 5.73 Å². The number of carbonyl (C=O) groups is 1. The maximum Gasteiger partial charge on any atom is 0.253 e. The number of rotatable bonds is 9. The second-order valence-corrected chi connectivity index (χ2v) is 8.16. The summed E-state index contributed by atoms with van der Waals surface area (Å²) in [5.41, 5.74) is 5.38. The molecule has 0 saturated heterocycles. The van der Waals surface area contributed by atoms with E-state index in [1.807, 2.05) is 0 Å². The highest BCUT2D eigenvalue weighted by molar-refractivity contribution is 6.33. The van der Waals surface area contributed by atoms with Crippen molar-refractivity contribution in [1.29, 1.82) is 0 Å². The van der Waals surface area contributed by atoms with Crippen molar-refractivity contribution >= 4 is 45.5 Å². The second kappa shape index (κ2) is 9.61. The Labute approximate surface area is 203 Å². The van der Waals surface area contributed by atoms with Gasteiger partial charge in [0.05, 0.1) is 35.5 Å². The van der Waals surface area contributed by atoms with Gasteiger partial charge in [0, 0.05) is 29.8 Å². The molecule has 180 valence electrons. The summed E-state index contributed by atoms with van der Waals surface area (Å²) >= 11 is 6.40. The molecule has 0 bridgehead atoms. The van der Waals surface area contributed by atoms with E-state index in [-0.39, 0.29) is 28.6 Å². The first kappa shape index (κ1) is 24.0. The Kier molecular flexibility index (Phi) is 6.59. The van der Waals surface area contributed by atoms with E-state index in [1.165, 1.54) is 13.2 Å². The lowest BCUT2D eigenvalue weighted by molar-refractivity contribution is 0.0997. The van der Waals surface area contributed by atoms with Crippen molar-refractivity contribution in [2.75, 3.05) is 24.4 Å². The SMILES string of the molecule is COc1cc2nccc(Oc3ccc(Nc4c(N[C@H](C)CO)c(=O)c4=O)c(Cl)c3)c2cc1C(N)=O. The zero-order valence-electron chi connectivity index (χ0n) is 18.7. The van der Waals surface area contributed by atoms with E-state index < -0.39 is 22.8 Å². The van der Waals surface area contributed by atoms with Gasteiger partial charge in [0.15, 0.2) is 0 Å². The van der Waals surface area contributed by atoms with E-state index in [9.17, 15) is 19.5 Å². The molecule has 0 unspecified atom stereocenters. The van der Waals surface area contributed by atoms with Crippen LogP contribution in [0.5, 0.6) is 17.2 Å². The molecule has 0 aliphatic carbocycles. The fourth-order valence-electron chi connectivity index (χ4n) is 3.46. The van der Waals surface area contributed by atoms with Crippen LogP contribution in [0.1, 0.15) is 17.3 Å². The number of nitrogens with zero attached hydrogens (tertiary/aromatic N) is 1. The zero-order valence-corrected chi connectivity index (χ0v) is 19.5. The van der Waals surface area contributed by atoms with E-state index in [2.05, 4.69) is 15.6 Å². The number of anilines is 3. The molecule has 1 heterocycles. The first-order valence-electron chi connectivity index (χ1n) is 10.4. The summed E-state index contributed by atoms with van der Waals surface area (Å²) in [6.45, 7) is 1.47. The van der Waals surface area contributed by atoms with Crippen molar-refractivity contribution in [3.63, 3.8) is 0 Å². The Balaban J connectivity index is 1.62. The smallest absolute Gasteiger partial charge is 0.253 e. The number of nitrogens with one attached hydrogen (secondary N) is 2. The summed E-state index contributed by atoms with van der Waals surface area (Å²) in [6.07, 6.45) is 1.55. The van der Waals surface area contributed by atoms with Crippen LogP contribution in [-0.2, 0) is 0 Å². The number of amides is 1. The Hall–Kier alpha value is -4.15. The summed E-state index contributed by atoms with van der Waals surface area (Å²) in [5.74, 6) is 0.428. The van der Waals surface area contributed by atoms with Gasteiger partial charge in [-0.3, -0.25) is 19.4 Å². The van der Waals surface area contributed by atoms with Gasteiger partial charge in [-0.2, -0.15) is 0 Å². The molecular weight excluding hydrogens is 476 g/mol. The highest BCUT2D eigenvalue weighted by atomic mass is 35.5. The average molecular weight is 497 g/mol. The molecule has 0 spiro atoms. The molecule has 10 nitrogen and oxygen atoms in total. The molecule has 1 amide bonds. The largest absolute Gasteiger partial charge is 0.496 e. The molecule has 0 saturated carbocycles. The number of benzene rings is 2. The maximum atomic E-state index is 12.0. The van der Waals surface area contributed by atoms with Crippen molar-refractivity contribution in [3.8, 4) is 17.2 Å². The topological polar surface area (TPSA) is 153 Å². The lowest BCUT2D eigenvalue weighted by atomic mass is 10.1. The predicted molar refractivity (Wildman–Crippen MR) is 133 cm³/mol. The fourth-order valence-corrected chi connectivity index (χ4v) is 3.68. The third kappa shape index (κ3) is 4.61. The quantitative estimate of drug-likeness (QED) is 0.256. The number of halogens is 1. The number of ether oxygens (including phenoxy) is 2. The van der Waals surface area contributed by atoms with Gasteiger partial charge in [0.2, 0.25) is 0 Å². The average Bonchev–Trinajstić information content (AvgIpc) is 2.85. The number of aliphatic hydroxyl groups is 1. The molecule has 0 radical (unpaired) electrons. The molecule has 0 aliphatic rings. The summed E-state index contributed by atoms with van der Waals surface area (Å²) in [6, 6.07) is 9.10. The van der Waals surface area contributed by atoms with Crippen LogP contribution in [0, 0.1) is 0 Å². The second-order valence-electron chi connectivity index (χ2n) is 7.75. The number of hydrogen-bond donors (Lipinski definition) is 4. The lowest BCUT2D eigenvalue weighted by Gasteiger charge is -2.19. The van der Waals surface area contributed by atoms with Crippen LogP contribution < -0.4 is 36.7 Å². The minimum absolute atomic E-state index is 0.0684. The molecule has 3 aromatic carbocycles. The van der Waals surface area contributed by atoms with Gasteiger partial charge >= 0.3 is 0 Å². The number of fused-ring (bicyclic) bond motifs is 1. The van der Waals surface area contributed by atoms with Crippen molar-refractivity contribution in [1.82, 2.24) is 4.98 Å². The van der Waals surface area contributed by atoms with Gasteiger partial charge in [-0.05, 0) is 31.2 Å². The van der Waals surface area contributed by atoms with E-state index in [0.717, 1.165) is 0 Å². The molecular formula is C24H21ClN4O6. The Morgan fingerprint density at radius 3 is 2.54 bits per heavy atom. The van der Waals surface area contributed by atoms with Gasteiger partial charge in [0.25, 0.3) is 16.8 Å². The van der Waals surface area contributed by atoms with Crippen LogP contribution >= 0.6 is 11.6 Å². The lowest BCUT2D eigenvalue weighted by Crippen LogP contribution is -2.39. The number of carbonyl (C=O) groups excluding carboxylic acids is 1. The molecule has 4 aromatic rings. The summed E-state index contributed by atoms with van der Waals surface area (Å²) in [4.78, 5) is 40.0. The van der Waals surface area contributed by atoms with Crippen LogP contribution in [0.3, 0.4) is 0 Å². The van der Waals surface area contributed by atoms with Gasteiger partial charge in [-0.15, -0.1) is 0 Å². The molecule has 0 fully saturated rings. The molecule has 4 rings (SSSR count). The first-order chi connectivity index (χ1) is 16.7. The number of primary amides is 1. The minimum atomic E-state index is -0.682. The highest BCUT2D eigenvalue weighted by Crippen LogP contribution is 2.36. The third-order valence-corrected chi connectivity index (χ3v) is 5.60. The normalized spacial score (nSPS) is 11.9. The van der Waals surface area contributed by atoms with Crippen LogP contribution in [0.15, 0.2) is 52.2 Å². The monoisotopic (exact) mass is 496 g/mol. The highest BCUT2D eigenvalue weighted by Gasteiger charge is 2.23. The number of methoxy groups -OCH3 is 1. The Morgan fingerprint density at radius 2 is 1.89 bits per heavy atom. The van der Waals surface area contributed by atoms with Crippen LogP contribution in [0.2, 0.25) is 5.02 Å². The van der Waals surface area contributed by atoms with E-state index in [0.29, 0.717) is 33.8 Å². The van der Waals surface area contributed by atoms with Gasteiger partial charge in [-0.25, -0.2) is 0 Å². The van der Waals surface area contributed by atoms with Gasteiger partial charge in [-0.1, -0.05) is 11.6 Å². The summed E-state index contributed by atoms with van der Waals surface area (Å²) < 4.78 is 11.2. The predicted octanol–water partition coefficient (Wildman–Crippen LogP) is 2.92. The van der Waals surface area contributed by atoms with E-state index >= 15 is 0 Å². The number of aromatic nitrogens is 1. The molecule has 5 N–H and O–H groups in total. The number of hydrogen-bond acceptors (Lipinski definition) is 9. The van der Waals surface area contributed by atoms with Crippen LogP contribution in [0.25, 0.3) is 10.9 Å². The standard InChI is InChI=1S/C24H21ClN4O6/c1-11(10-30)28-20-21(23(32)22(20)31)29-16-4-3-12(7-15(16)25)35-18-5-6-27-17-9-19(34-2)14(24(26)33)8-13(17)18/h3-9,11,28-30H,10H2,1-2H3,(H2,26,33)/t11-/m1/s1. The summed E-state index contributed by atoms with van der Waals surface area (Å²) in [5, 5.41) is 15.6. The molecule has 0 aliphatic heterocycles. The van der Waals surface area contributed by atoms with Crippen LogP contribution in [0.4, 0.5) is 17.1 Å². The van der Waals surface area contributed by atoms with E-state index in [4.69, 9.17) is 26.8 Å². The van der Waals surface area contributed by atoms with Crippen molar-refractivity contribution in [3.05, 3.63) is 73.6 Å². The number of nitrogens with two attached hydrogens (primary N) is 1. The number of aliphatic hydroxyl groups excluding tert-OH is 1. The Bertz CT molecular complexity index is 1510. The minimum Gasteiger partial charge on any atom is -0.496 e. The van der Waals surface area contributed by atoms with Gasteiger partial charge < -0.3 is 30.9 Å². The molecule has 1 aromatic heterocycles. The molecule has 1 atom stereocenters. The van der Waals surface area contributed by atoms with Gasteiger partial charge in [0.1, 0.15) is 28.6 Å². The van der Waals surface area contributed by atoms with Crippen LogP contribution in [-0.4, -0.2) is 35.8 Å². The fraction of sp³-hybridized carbons (Fsp3) is 0.167. The Morgan fingerprint density at radius 1 is 1.14 bits per heavy atom. The zero-order chi connectivity index (χ0) is 25.3. The van der Waals surface area contributed by atoms with Crippen molar-refractivity contribution in [2.45, 2.75) is 13.0 Å². The number of pyridine rings is 1. The molecule has 11 heteroatoms. The first-order valence-corrected chi connectivity index (χ1v) is 10.8. The molecule has 35 heavy (non-hydrogen) atoms.